The molecule has 0 aromatic rings. The Balaban J connectivity index is 4.25. The normalized spacial score (nSPS) is 11.5. The van der Waals surface area contributed by atoms with Crippen molar-refractivity contribution in [1.82, 2.24) is 4.90 Å². The van der Waals surface area contributed by atoms with Gasteiger partial charge in [0.05, 0.1) is 0 Å². The van der Waals surface area contributed by atoms with Crippen LogP contribution in [0.15, 0.2) is 0 Å². The van der Waals surface area contributed by atoms with Crippen molar-refractivity contribution in [3.8, 4) is 0 Å². The Labute approximate surface area is 87.1 Å². The van der Waals surface area contributed by atoms with Gasteiger partial charge in [-0.3, -0.25) is 4.79 Å². The third kappa shape index (κ3) is 4.61. The van der Waals surface area contributed by atoms with Crippen LogP contribution in [0.5, 0.6) is 0 Å². The number of nitrogens with zero attached hydrogens (tertiary/aromatic N) is 1. The van der Waals surface area contributed by atoms with Gasteiger partial charge >= 0.3 is 0 Å². The molecule has 0 heterocycles. The lowest BCUT2D eigenvalue weighted by molar-refractivity contribution is -0.148. The smallest absolute Gasteiger partial charge is 0.253 e. The molecule has 0 aliphatic rings. The molecule has 0 fully saturated rings. The predicted molar refractivity (Wildman–Crippen MR) is 58.1 cm³/mol. The van der Waals surface area contributed by atoms with Crippen molar-refractivity contribution in [2.45, 2.75) is 52.6 Å². The minimum Gasteiger partial charge on any atom is -0.381 e. The second kappa shape index (κ2) is 6.02. The number of rotatable bonds is 6. The number of amides is 1. The van der Waals surface area contributed by atoms with Crippen LogP contribution < -0.4 is 0 Å². The highest BCUT2D eigenvalue weighted by atomic mass is 16.3. The molecule has 0 atom stereocenters. The number of hydrogen-bond acceptors (Lipinski definition) is 2. The minimum absolute atomic E-state index is 0.159. The van der Waals surface area contributed by atoms with Crippen LogP contribution in [0.25, 0.3) is 0 Å². The number of carbonyl (C=O) groups excluding carboxylic acids is 1. The lowest BCUT2D eigenvalue weighted by atomic mass is 10.1. The van der Waals surface area contributed by atoms with E-state index in [0.29, 0.717) is 0 Å². The van der Waals surface area contributed by atoms with Gasteiger partial charge in [0.2, 0.25) is 0 Å². The summed E-state index contributed by atoms with van der Waals surface area (Å²) in [5.74, 6) is -0.159. The molecule has 0 aliphatic carbocycles. The Morgan fingerprint density at radius 1 is 1.21 bits per heavy atom. The quantitative estimate of drug-likeness (QED) is 0.712. The Morgan fingerprint density at radius 3 is 2.14 bits per heavy atom. The highest BCUT2D eigenvalue weighted by Crippen LogP contribution is 2.09. The Hall–Kier alpha value is -0.570. The fraction of sp³-hybridized carbons (Fsp3) is 0.909. The summed E-state index contributed by atoms with van der Waals surface area (Å²) >= 11 is 0. The van der Waals surface area contributed by atoms with E-state index in [4.69, 9.17) is 0 Å². The van der Waals surface area contributed by atoms with Gasteiger partial charge in [-0.15, -0.1) is 0 Å². The molecule has 0 spiro atoms. The van der Waals surface area contributed by atoms with E-state index in [1.165, 1.54) is 0 Å². The molecule has 3 nitrogen and oxygen atoms in total. The van der Waals surface area contributed by atoms with Crippen molar-refractivity contribution in [3.05, 3.63) is 0 Å². The number of aliphatic hydroxyl groups is 1. The second-order valence-electron chi connectivity index (χ2n) is 4.20. The molecule has 0 aromatic carbocycles. The van der Waals surface area contributed by atoms with Gasteiger partial charge < -0.3 is 10.0 Å². The summed E-state index contributed by atoms with van der Waals surface area (Å²) in [4.78, 5) is 13.5. The average molecular weight is 201 g/mol. The first-order valence-electron chi connectivity index (χ1n) is 5.45. The maximum Gasteiger partial charge on any atom is 0.253 e. The van der Waals surface area contributed by atoms with Gasteiger partial charge in [0.1, 0.15) is 5.60 Å². The molecule has 3 heteroatoms. The fourth-order valence-electron chi connectivity index (χ4n) is 1.32. The Kier molecular flexibility index (Phi) is 5.77. The van der Waals surface area contributed by atoms with Crippen molar-refractivity contribution in [3.63, 3.8) is 0 Å². The van der Waals surface area contributed by atoms with Gasteiger partial charge in [-0.1, -0.05) is 20.3 Å². The first-order valence-corrected chi connectivity index (χ1v) is 5.45. The predicted octanol–water partition coefficient (Wildman–Crippen LogP) is 1.80. The molecule has 0 saturated heterocycles. The zero-order valence-corrected chi connectivity index (χ0v) is 9.84. The summed E-state index contributed by atoms with van der Waals surface area (Å²) in [5, 5.41) is 9.59. The van der Waals surface area contributed by atoms with E-state index in [1.54, 1.807) is 18.7 Å². The third-order valence-electron chi connectivity index (χ3n) is 2.09. The van der Waals surface area contributed by atoms with E-state index in [9.17, 15) is 9.90 Å². The highest BCUT2D eigenvalue weighted by Gasteiger charge is 2.28. The average Bonchev–Trinajstić information content (AvgIpc) is 2.09. The molecule has 0 bridgehead atoms. The van der Waals surface area contributed by atoms with Crippen LogP contribution in [0.3, 0.4) is 0 Å². The molecule has 1 N–H and O–H groups in total. The van der Waals surface area contributed by atoms with Crippen molar-refractivity contribution in [2.75, 3.05) is 13.1 Å². The summed E-state index contributed by atoms with van der Waals surface area (Å²) in [6, 6.07) is 0. The molecule has 14 heavy (non-hydrogen) atoms. The standard InChI is InChI=1S/C11H23NO2/c1-5-7-9-12(8-6-2)10(13)11(3,4)14/h14H,5-9H2,1-4H3. The van der Waals surface area contributed by atoms with E-state index in [0.717, 1.165) is 32.4 Å². The summed E-state index contributed by atoms with van der Waals surface area (Å²) in [6.45, 7) is 8.72. The third-order valence-corrected chi connectivity index (χ3v) is 2.09. The van der Waals surface area contributed by atoms with E-state index < -0.39 is 5.60 Å². The number of unbranched alkanes of at least 4 members (excludes halogenated alkanes) is 1. The molecule has 0 saturated carbocycles. The van der Waals surface area contributed by atoms with Gasteiger partial charge in [-0.05, 0) is 26.7 Å². The van der Waals surface area contributed by atoms with Crippen LogP contribution in [0.4, 0.5) is 0 Å². The molecular weight excluding hydrogens is 178 g/mol. The second-order valence-corrected chi connectivity index (χ2v) is 4.20. The Bertz CT molecular complexity index is 173. The van der Waals surface area contributed by atoms with Crippen LogP contribution in [0, 0.1) is 0 Å². The first-order chi connectivity index (χ1) is 6.43. The lowest BCUT2D eigenvalue weighted by Gasteiger charge is -2.28. The molecule has 0 aromatic heterocycles. The van der Waals surface area contributed by atoms with E-state index in [2.05, 4.69) is 6.92 Å². The van der Waals surface area contributed by atoms with Gasteiger partial charge in [0.15, 0.2) is 0 Å². The van der Waals surface area contributed by atoms with Crippen molar-refractivity contribution < 1.29 is 9.90 Å². The molecule has 1 amide bonds. The Morgan fingerprint density at radius 2 is 1.79 bits per heavy atom. The van der Waals surface area contributed by atoms with E-state index in [1.807, 2.05) is 6.92 Å². The van der Waals surface area contributed by atoms with Gasteiger partial charge in [-0.2, -0.15) is 0 Å². The fourth-order valence-corrected chi connectivity index (χ4v) is 1.32. The van der Waals surface area contributed by atoms with Crippen molar-refractivity contribution in [2.24, 2.45) is 0 Å². The topological polar surface area (TPSA) is 40.5 Å². The zero-order valence-electron chi connectivity index (χ0n) is 9.84. The summed E-state index contributed by atoms with van der Waals surface area (Å²) in [6.07, 6.45) is 3.01. The largest absolute Gasteiger partial charge is 0.381 e. The van der Waals surface area contributed by atoms with Crippen molar-refractivity contribution in [1.29, 1.82) is 0 Å². The van der Waals surface area contributed by atoms with Crippen LogP contribution in [0.1, 0.15) is 47.0 Å². The van der Waals surface area contributed by atoms with E-state index in [-0.39, 0.29) is 5.91 Å². The molecule has 0 rings (SSSR count). The highest BCUT2D eigenvalue weighted by molar-refractivity contribution is 5.84. The SMILES string of the molecule is CCCCN(CCC)C(=O)C(C)(C)O. The first kappa shape index (κ1) is 13.4. The van der Waals surface area contributed by atoms with Crippen LogP contribution >= 0.6 is 0 Å². The van der Waals surface area contributed by atoms with E-state index >= 15 is 0 Å². The molecule has 0 radical (unpaired) electrons. The van der Waals surface area contributed by atoms with Gasteiger partial charge in [0, 0.05) is 13.1 Å². The number of carbonyl (C=O) groups is 1. The number of hydrogen-bond donors (Lipinski definition) is 1. The van der Waals surface area contributed by atoms with Gasteiger partial charge in [0.25, 0.3) is 5.91 Å². The lowest BCUT2D eigenvalue weighted by Crippen LogP contribution is -2.45. The maximum absolute atomic E-state index is 11.7. The van der Waals surface area contributed by atoms with Crippen LogP contribution in [-0.4, -0.2) is 34.6 Å². The molecule has 0 unspecified atom stereocenters. The van der Waals surface area contributed by atoms with Crippen molar-refractivity contribution >= 4 is 5.91 Å². The molecule has 0 aliphatic heterocycles. The summed E-state index contributed by atoms with van der Waals surface area (Å²) in [7, 11) is 0. The maximum atomic E-state index is 11.7. The monoisotopic (exact) mass is 201 g/mol. The van der Waals surface area contributed by atoms with Crippen LogP contribution in [0.2, 0.25) is 0 Å². The summed E-state index contributed by atoms with van der Waals surface area (Å²) in [5.41, 5.74) is -1.23. The minimum atomic E-state index is -1.23. The molecule has 84 valence electrons. The molecular formula is C11H23NO2. The van der Waals surface area contributed by atoms with Gasteiger partial charge in [-0.25, -0.2) is 0 Å². The zero-order chi connectivity index (χ0) is 11.2. The summed E-state index contributed by atoms with van der Waals surface area (Å²) < 4.78 is 0. The van der Waals surface area contributed by atoms with Crippen LogP contribution in [-0.2, 0) is 4.79 Å².